The number of carbonyl (C=O) groups excluding carboxylic acids is 1. The second kappa shape index (κ2) is 5.76. The highest BCUT2D eigenvalue weighted by Crippen LogP contribution is 2.28. The maximum atomic E-state index is 12.8. The van der Waals surface area contributed by atoms with Gasteiger partial charge in [-0.05, 0) is 35.9 Å². The number of hydrogen-bond donors (Lipinski definition) is 1. The molecule has 0 fully saturated rings. The lowest BCUT2D eigenvalue weighted by atomic mass is 10.0. The quantitative estimate of drug-likeness (QED) is 0.686. The summed E-state index contributed by atoms with van der Waals surface area (Å²) in [4.78, 5) is 14.6. The maximum absolute atomic E-state index is 12.8. The van der Waals surface area contributed by atoms with E-state index in [9.17, 15) is 4.79 Å². The number of anilines is 2. The van der Waals surface area contributed by atoms with Crippen molar-refractivity contribution in [2.75, 3.05) is 16.8 Å². The van der Waals surface area contributed by atoms with Crippen LogP contribution in [0.15, 0.2) is 66.7 Å². The number of benzene rings is 3. The number of amides is 2. The predicted molar refractivity (Wildman–Crippen MR) is 95.1 cm³/mol. The Hall–Kier alpha value is -2.81. The Morgan fingerprint density at radius 1 is 0.913 bits per heavy atom. The summed E-state index contributed by atoms with van der Waals surface area (Å²) in [5, 5.41) is 5.28. The van der Waals surface area contributed by atoms with Gasteiger partial charge in [-0.25, -0.2) is 4.79 Å². The summed E-state index contributed by atoms with van der Waals surface area (Å²) in [5.74, 6) is 0. The summed E-state index contributed by atoms with van der Waals surface area (Å²) in [6.45, 7) is 0.758. The van der Waals surface area contributed by atoms with Gasteiger partial charge in [0.1, 0.15) is 0 Å². The summed E-state index contributed by atoms with van der Waals surface area (Å²) < 4.78 is 0. The number of aryl methyl sites for hydroxylation is 1. The molecular weight excluding hydrogens is 284 g/mol. The highest BCUT2D eigenvalue weighted by atomic mass is 16.2. The largest absolute Gasteiger partial charge is 0.326 e. The molecule has 0 aromatic heterocycles. The number of nitrogens with one attached hydrogen (secondary N) is 1. The molecule has 23 heavy (non-hydrogen) atoms. The molecule has 0 radical (unpaired) electrons. The van der Waals surface area contributed by atoms with Gasteiger partial charge >= 0.3 is 6.03 Å². The van der Waals surface area contributed by atoms with Gasteiger partial charge in [0.2, 0.25) is 0 Å². The van der Waals surface area contributed by atoms with Crippen LogP contribution >= 0.6 is 0 Å². The molecule has 2 amide bonds. The second-order valence-electron chi connectivity index (χ2n) is 5.84. The van der Waals surface area contributed by atoms with Crippen LogP contribution in [0.25, 0.3) is 10.8 Å². The highest BCUT2D eigenvalue weighted by Gasteiger charge is 2.22. The number of nitrogens with zero attached hydrogens (tertiary/aromatic N) is 1. The Morgan fingerprint density at radius 2 is 1.70 bits per heavy atom. The van der Waals surface area contributed by atoms with Crippen molar-refractivity contribution in [2.24, 2.45) is 0 Å². The fourth-order valence-electron chi connectivity index (χ4n) is 3.26. The van der Waals surface area contributed by atoms with Crippen LogP contribution in [-0.2, 0) is 6.42 Å². The fraction of sp³-hybridized carbons (Fsp3) is 0.150. The first-order valence-corrected chi connectivity index (χ1v) is 7.97. The molecule has 3 nitrogen and oxygen atoms in total. The number of hydrogen-bond acceptors (Lipinski definition) is 1. The number of fused-ring (bicyclic) bond motifs is 2. The third-order valence-corrected chi connectivity index (χ3v) is 4.39. The van der Waals surface area contributed by atoms with Gasteiger partial charge in [0, 0.05) is 17.6 Å². The molecule has 0 aliphatic carbocycles. The van der Waals surface area contributed by atoms with E-state index >= 15 is 0 Å². The normalized spacial score (nSPS) is 13.7. The minimum absolute atomic E-state index is 0.0616. The molecule has 3 aromatic rings. The maximum Gasteiger partial charge on any atom is 0.326 e. The molecule has 0 spiro atoms. The van der Waals surface area contributed by atoms with Gasteiger partial charge in [0.25, 0.3) is 0 Å². The first-order chi connectivity index (χ1) is 11.3. The van der Waals surface area contributed by atoms with Crippen LogP contribution in [0.3, 0.4) is 0 Å². The molecular formula is C20H18N2O. The Labute approximate surface area is 135 Å². The molecule has 0 saturated carbocycles. The molecule has 1 heterocycles. The van der Waals surface area contributed by atoms with Crippen molar-refractivity contribution in [3.63, 3.8) is 0 Å². The molecule has 3 heteroatoms. The van der Waals surface area contributed by atoms with E-state index in [4.69, 9.17) is 0 Å². The molecule has 0 atom stereocenters. The Bertz CT molecular complexity index is 867. The monoisotopic (exact) mass is 302 g/mol. The van der Waals surface area contributed by atoms with Crippen molar-refractivity contribution in [2.45, 2.75) is 12.8 Å². The molecule has 0 bridgehead atoms. The smallest absolute Gasteiger partial charge is 0.307 e. The third kappa shape index (κ3) is 2.55. The van der Waals surface area contributed by atoms with Gasteiger partial charge in [0.05, 0.1) is 5.69 Å². The summed E-state index contributed by atoms with van der Waals surface area (Å²) in [5.41, 5.74) is 3.12. The van der Waals surface area contributed by atoms with Crippen molar-refractivity contribution in [3.8, 4) is 0 Å². The van der Waals surface area contributed by atoms with Crippen LogP contribution in [0, 0.1) is 0 Å². The molecule has 114 valence electrons. The zero-order valence-corrected chi connectivity index (χ0v) is 12.8. The first kappa shape index (κ1) is 13.8. The average molecular weight is 302 g/mol. The van der Waals surface area contributed by atoms with Gasteiger partial charge in [-0.1, -0.05) is 54.6 Å². The van der Waals surface area contributed by atoms with Crippen molar-refractivity contribution < 1.29 is 4.79 Å². The summed E-state index contributed by atoms with van der Waals surface area (Å²) in [6, 6.07) is 22.2. The van der Waals surface area contributed by atoms with Crippen LogP contribution in [0.1, 0.15) is 12.0 Å². The van der Waals surface area contributed by atoms with Crippen LogP contribution in [0.2, 0.25) is 0 Å². The van der Waals surface area contributed by atoms with Gasteiger partial charge in [-0.15, -0.1) is 0 Å². The van der Waals surface area contributed by atoms with Crippen LogP contribution in [0.5, 0.6) is 0 Å². The van der Waals surface area contributed by atoms with Crippen LogP contribution < -0.4 is 10.2 Å². The summed E-state index contributed by atoms with van der Waals surface area (Å²) in [7, 11) is 0. The molecule has 1 N–H and O–H groups in total. The van der Waals surface area contributed by atoms with Gasteiger partial charge < -0.3 is 5.32 Å². The van der Waals surface area contributed by atoms with Crippen molar-refractivity contribution in [1.29, 1.82) is 0 Å². The number of carbonyl (C=O) groups is 1. The molecule has 0 unspecified atom stereocenters. The third-order valence-electron chi connectivity index (χ3n) is 4.39. The Balaban J connectivity index is 1.66. The molecule has 1 aliphatic rings. The van der Waals surface area contributed by atoms with Gasteiger partial charge in [-0.3, -0.25) is 4.90 Å². The zero-order valence-electron chi connectivity index (χ0n) is 12.8. The minimum Gasteiger partial charge on any atom is -0.307 e. The summed E-state index contributed by atoms with van der Waals surface area (Å²) in [6.07, 6.45) is 2.04. The van der Waals surface area contributed by atoms with E-state index in [0.717, 1.165) is 41.5 Å². The van der Waals surface area contributed by atoms with Crippen molar-refractivity contribution in [3.05, 3.63) is 72.3 Å². The first-order valence-electron chi connectivity index (χ1n) is 7.97. The fourth-order valence-corrected chi connectivity index (χ4v) is 3.26. The standard InChI is InChI=1S/C20H18N2O/c23-20(22-14-6-10-16-8-2-4-13-19(16)22)21-18-12-5-9-15-7-1-3-11-17(15)18/h1-5,7-9,11-13H,6,10,14H2,(H,21,23). The van der Waals surface area contributed by atoms with E-state index in [1.165, 1.54) is 5.56 Å². The zero-order chi connectivity index (χ0) is 15.6. The lowest BCUT2D eigenvalue weighted by Crippen LogP contribution is -2.38. The molecule has 1 aliphatic heterocycles. The number of rotatable bonds is 1. The van der Waals surface area contributed by atoms with Crippen LogP contribution in [0.4, 0.5) is 16.2 Å². The average Bonchev–Trinajstić information content (AvgIpc) is 2.61. The van der Waals surface area contributed by atoms with E-state index in [1.54, 1.807) is 0 Å². The summed E-state index contributed by atoms with van der Waals surface area (Å²) >= 11 is 0. The van der Waals surface area contributed by atoms with Crippen LogP contribution in [-0.4, -0.2) is 12.6 Å². The second-order valence-corrected chi connectivity index (χ2v) is 5.84. The van der Waals surface area contributed by atoms with Gasteiger partial charge in [0.15, 0.2) is 0 Å². The SMILES string of the molecule is O=C(Nc1cccc2ccccc12)N1CCCc2ccccc21. The van der Waals surface area contributed by atoms with E-state index in [1.807, 2.05) is 53.4 Å². The van der Waals surface area contributed by atoms with E-state index in [0.29, 0.717) is 0 Å². The minimum atomic E-state index is -0.0616. The lowest BCUT2D eigenvalue weighted by molar-refractivity contribution is 0.256. The topological polar surface area (TPSA) is 32.3 Å². The van der Waals surface area contributed by atoms with Gasteiger partial charge in [-0.2, -0.15) is 0 Å². The highest BCUT2D eigenvalue weighted by molar-refractivity contribution is 6.07. The molecule has 0 saturated heterocycles. The molecule has 3 aromatic carbocycles. The Morgan fingerprint density at radius 3 is 2.65 bits per heavy atom. The molecule has 4 rings (SSSR count). The number of para-hydroxylation sites is 1. The van der Waals surface area contributed by atoms with Crippen molar-refractivity contribution in [1.82, 2.24) is 0 Å². The van der Waals surface area contributed by atoms with E-state index in [-0.39, 0.29) is 6.03 Å². The van der Waals surface area contributed by atoms with E-state index in [2.05, 4.69) is 23.5 Å². The van der Waals surface area contributed by atoms with E-state index < -0.39 is 0 Å². The number of urea groups is 1. The Kier molecular flexibility index (Phi) is 3.46. The predicted octanol–water partition coefficient (Wildman–Crippen LogP) is 4.82. The lowest BCUT2D eigenvalue weighted by Gasteiger charge is -2.29. The van der Waals surface area contributed by atoms with Crippen molar-refractivity contribution >= 4 is 28.2 Å².